The number of carbonyl (C=O) groups is 1. The number of rotatable bonds is 7. The quantitative estimate of drug-likeness (QED) is 0.360. The van der Waals surface area contributed by atoms with Gasteiger partial charge in [-0.25, -0.2) is 4.98 Å². The zero-order valence-electron chi connectivity index (χ0n) is 13.2. The maximum atomic E-state index is 11.2. The molecule has 21 heavy (non-hydrogen) atoms. The predicted molar refractivity (Wildman–Crippen MR) is 85.5 cm³/mol. The molecule has 1 heterocycles. The van der Waals surface area contributed by atoms with Crippen molar-refractivity contribution in [1.82, 2.24) is 15.2 Å². The molecule has 0 unspecified atom stereocenters. The van der Waals surface area contributed by atoms with Crippen molar-refractivity contribution in [2.75, 3.05) is 27.2 Å². The summed E-state index contributed by atoms with van der Waals surface area (Å²) in [5.41, 5.74) is 1.04. The van der Waals surface area contributed by atoms with E-state index in [9.17, 15) is 4.79 Å². The summed E-state index contributed by atoms with van der Waals surface area (Å²) in [7, 11) is 3.71. The van der Waals surface area contributed by atoms with Crippen molar-refractivity contribution in [3.8, 4) is 0 Å². The zero-order valence-corrected chi connectivity index (χ0v) is 14.0. The first kappa shape index (κ1) is 17.4. The third-order valence-corrected chi connectivity index (χ3v) is 3.61. The highest BCUT2D eigenvalue weighted by atomic mass is 32.1. The maximum absolute atomic E-state index is 11.2. The molecule has 0 bridgehead atoms. The van der Waals surface area contributed by atoms with Gasteiger partial charge in [0.2, 0.25) is 0 Å². The lowest BCUT2D eigenvalue weighted by molar-refractivity contribution is -0.143. The smallest absolute Gasteiger partial charge is 0.305 e. The molecule has 118 valence electrons. The number of carbonyl (C=O) groups excluding carboxylic acids is 1. The van der Waals surface area contributed by atoms with E-state index in [4.69, 9.17) is 4.74 Å². The molecule has 0 fully saturated rings. The van der Waals surface area contributed by atoms with E-state index in [1.165, 1.54) is 0 Å². The van der Waals surface area contributed by atoms with Crippen LogP contribution in [0.2, 0.25) is 0 Å². The van der Waals surface area contributed by atoms with Gasteiger partial charge in [0.25, 0.3) is 0 Å². The summed E-state index contributed by atoms with van der Waals surface area (Å²) in [6, 6.07) is 0. The van der Waals surface area contributed by atoms with Crippen LogP contribution >= 0.6 is 11.3 Å². The van der Waals surface area contributed by atoms with E-state index >= 15 is 0 Å². The average molecular weight is 312 g/mol. The van der Waals surface area contributed by atoms with E-state index < -0.39 is 0 Å². The Hall–Kier alpha value is -1.63. The molecule has 0 amide bonds. The lowest BCUT2D eigenvalue weighted by atomic mass is 10.3. The highest BCUT2D eigenvalue weighted by Gasteiger charge is 2.08. The molecule has 0 aliphatic rings. The summed E-state index contributed by atoms with van der Waals surface area (Å²) < 4.78 is 4.89. The van der Waals surface area contributed by atoms with Crippen molar-refractivity contribution < 1.29 is 9.53 Å². The second kappa shape index (κ2) is 9.33. The molecular weight excluding hydrogens is 288 g/mol. The minimum atomic E-state index is -0.152. The van der Waals surface area contributed by atoms with Gasteiger partial charge in [0.05, 0.1) is 23.9 Å². The molecule has 0 aliphatic carbocycles. The highest BCUT2D eigenvalue weighted by molar-refractivity contribution is 7.09. The lowest BCUT2D eigenvalue weighted by Crippen LogP contribution is -2.39. The number of esters is 1. The summed E-state index contributed by atoms with van der Waals surface area (Å²) in [5, 5.41) is 6.36. The van der Waals surface area contributed by atoms with Crippen LogP contribution in [0.4, 0.5) is 0 Å². The first-order chi connectivity index (χ1) is 10.1. The van der Waals surface area contributed by atoms with E-state index in [0.717, 1.165) is 23.1 Å². The number of guanidine groups is 1. The van der Waals surface area contributed by atoms with Crippen LogP contribution in [0.25, 0.3) is 0 Å². The molecule has 0 aromatic carbocycles. The van der Waals surface area contributed by atoms with E-state index in [1.807, 2.05) is 25.8 Å². The van der Waals surface area contributed by atoms with Crippen molar-refractivity contribution in [3.05, 3.63) is 16.1 Å². The summed E-state index contributed by atoms with van der Waals surface area (Å²) in [5.74, 6) is 0.644. The van der Waals surface area contributed by atoms with E-state index in [2.05, 4.69) is 20.7 Å². The van der Waals surface area contributed by atoms with Crippen molar-refractivity contribution in [1.29, 1.82) is 0 Å². The van der Waals surface area contributed by atoms with Gasteiger partial charge in [-0.1, -0.05) is 0 Å². The zero-order chi connectivity index (χ0) is 15.7. The first-order valence-electron chi connectivity index (χ1n) is 7.05. The molecule has 0 saturated carbocycles. The Labute approximate surface area is 130 Å². The fourth-order valence-corrected chi connectivity index (χ4v) is 2.45. The molecule has 1 N–H and O–H groups in total. The van der Waals surface area contributed by atoms with Gasteiger partial charge in [-0.2, -0.15) is 0 Å². The SMILES string of the molecule is CCOC(=O)CCCNC(=NC)N(C)Cc1csc(C)n1. The van der Waals surface area contributed by atoms with Crippen molar-refractivity contribution in [2.45, 2.75) is 33.2 Å². The van der Waals surface area contributed by atoms with Gasteiger partial charge in [-0.05, 0) is 20.3 Å². The fraction of sp³-hybridized carbons (Fsp3) is 0.643. The van der Waals surface area contributed by atoms with Gasteiger partial charge >= 0.3 is 5.97 Å². The van der Waals surface area contributed by atoms with Gasteiger partial charge in [0, 0.05) is 32.4 Å². The first-order valence-corrected chi connectivity index (χ1v) is 7.93. The van der Waals surface area contributed by atoms with Gasteiger partial charge in [-0.15, -0.1) is 11.3 Å². The molecule has 0 atom stereocenters. The number of aryl methyl sites for hydroxylation is 1. The third-order valence-electron chi connectivity index (χ3n) is 2.79. The van der Waals surface area contributed by atoms with Gasteiger partial charge in [0.1, 0.15) is 0 Å². The Balaban J connectivity index is 2.32. The van der Waals surface area contributed by atoms with Gasteiger partial charge in [-0.3, -0.25) is 9.79 Å². The highest BCUT2D eigenvalue weighted by Crippen LogP contribution is 2.09. The Morgan fingerprint density at radius 2 is 2.33 bits per heavy atom. The number of hydrogen-bond donors (Lipinski definition) is 1. The summed E-state index contributed by atoms with van der Waals surface area (Å²) in [4.78, 5) is 21.9. The number of aliphatic imine (C=N–C) groups is 1. The summed E-state index contributed by atoms with van der Waals surface area (Å²) in [6.45, 7) is 5.64. The van der Waals surface area contributed by atoms with E-state index in [1.54, 1.807) is 18.4 Å². The van der Waals surface area contributed by atoms with Crippen LogP contribution in [-0.4, -0.2) is 49.1 Å². The second-order valence-corrected chi connectivity index (χ2v) is 5.66. The minimum Gasteiger partial charge on any atom is -0.466 e. The van der Waals surface area contributed by atoms with Crippen LogP contribution in [0.3, 0.4) is 0 Å². The number of thiazole rings is 1. The van der Waals surface area contributed by atoms with E-state index in [0.29, 0.717) is 26.1 Å². The van der Waals surface area contributed by atoms with E-state index in [-0.39, 0.29) is 5.97 Å². The standard InChI is InChI=1S/C14H24N4O2S/c1-5-20-13(19)7-6-8-16-14(15-3)18(4)9-12-10-21-11(2)17-12/h10H,5-9H2,1-4H3,(H,15,16). The molecule has 0 saturated heterocycles. The molecule has 1 rings (SSSR count). The molecule has 6 nitrogen and oxygen atoms in total. The van der Waals surface area contributed by atoms with Crippen LogP contribution in [0.15, 0.2) is 10.4 Å². The second-order valence-electron chi connectivity index (χ2n) is 4.60. The average Bonchev–Trinajstić information content (AvgIpc) is 2.84. The largest absolute Gasteiger partial charge is 0.466 e. The number of ether oxygens (including phenoxy) is 1. The Morgan fingerprint density at radius 1 is 1.57 bits per heavy atom. The summed E-state index contributed by atoms with van der Waals surface area (Å²) >= 11 is 1.65. The number of aromatic nitrogens is 1. The Morgan fingerprint density at radius 3 is 2.90 bits per heavy atom. The van der Waals surface area contributed by atoms with Crippen LogP contribution in [0, 0.1) is 6.92 Å². The number of nitrogens with one attached hydrogen (secondary N) is 1. The maximum Gasteiger partial charge on any atom is 0.305 e. The topological polar surface area (TPSA) is 66.8 Å². The molecule has 7 heteroatoms. The van der Waals surface area contributed by atoms with Crippen LogP contribution in [0.1, 0.15) is 30.5 Å². The van der Waals surface area contributed by atoms with Crippen molar-refractivity contribution >= 4 is 23.3 Å². The minimum absolute atomic E-state index is 0.152. The molecule has 1 aromatic rings. The molecule has 0 aliphatic heterocycles. The molecular formula is C14H24N4O2S. The fourth-order valence-electron chi connectivity index (χ4n) is 1.85. The Bertz CT molecular complexity index is 473. The number of nitrogens with zero attached hydrogens (tertiary/aromatic N) is 3. The Kier molecular flexibility index (Phi) is 7.74. The van der Waals surface area contributed by atoms with Crippen molar-refractivity contribution in [2.24, 2.45) is 4.99 Å². The monoisotopic (exact) mass is 312 g/mol. The summed E-state index contributed by atoms with van der Waals surface area (Å²) in [6.07, 6.45) is 1.15. The van der Waals surface area contributed by atoms with Gasteiger partial charge < -0.3 is 15.0 Å². The van der Waals surface area contributed by atoms with Crippen LogP contribution in [-0.2, 0) is 16.1 Å². The molecule has 0 spiro atoms. The number of hydrogen-bond acceptors (Lipinski definition) is 5. The van der Waals surface area contributed by atoms with Gasteiger partial charge in [0.15, 0.2) is 5.96 Å². The normalized spacial score (nSPS) is 11.3. The van der Waals surface area contributed by atoms with Crippen molar-refractivity contribution in [3.63, 3.8) is 0 Å². The lowest BCUT2D eigenvalue weighted by Gasteiger charge is -2.21. The predicted octanol–water partition coefficient (Wildman–Crippen LogP) is 1.80. The molecule has 0 radical (unpaired) electrons. The molecule has 1 aromatic heterocycles. The van der Waals surface area contributed by atoms with Crippen LogP contribution < -0.4 is 5.32 Å². The third kappa shape index (κ3) is 6.57. The van der Waals surface area contributed by atoms with Crippen LogP contribution in [0.5, 0.6) is 0 Å².